The molecule has 0 aromatic heterocycles. The molecule has 1 saturated heterocycles. The number of aliphatic hydroxyl groups excluding tert-OH is 1. The second-order valence-electron chi connectivity index (χ2n) is 7.79. The van der Waals surface area contributed by atoms with Crippen LogP contribution in [-0.4, -0.2) is 59.1 Å². The highest BCUT2D eigenvalue weighted by Gasteiger charge is 2.46. The summed E-state index contributed by atoms with van der Waals surface area (Å²) < 4.78 is 0. The van der Waals surface area contributed by atoms with E-state index in [2.05, 4.69) is 41.0 Å². The van der Waals surface area contributed by atoms with Crippen molar-refractivity contribution < 1.29 is 9.90 Å². The number of aliphatic hydroxyl groups is 1. The number of piperazine rings is 1. The Balaban J connectivity index is 1.31. The van der Waals surface area contributed by atoms with Crippen molar-refractivity contribution in [3.8, 4) is 0 Å². The van der Waals surface area contributed by atoms with Crippen molar-refractivity contribution in [2.45, 2.75) is 50.7 Å². The van der Waals surface area contributed by atoms with E-state index < -0.39 is 0 Å². The van der Waals surface area contributed by atoms with E-state index in [1.807, 2.05) is 0 Å². The van der Waals surface area contributed by atoms with Crippen LogP contribution in [0.25, 0.3) is 0 Å². The maximum absolute atomic E-state index is 12.8. The highest BCUT2D eigenvalue weighted by atomic mass is 16.3. The van der Waals surface area contributed by atoms with E-state index in [9.17, 15) is 9.90 Å². The number of hydrogen-bond donors (Lipinski definition) is 1. The summed E-state index contributed by atoms with van der Waals surface area (Å²) in [6, 6.07) is 8.90. The predicted octanol–water partition coefficient (Wildman–Crippen LogP) is 2.16. The molecular weight excluding hydrogens is 300 g/mol. The Morgan fingerprint density at radius 1 is 1.17 bits per heavy atom. The van der Waals surface area contributed by atoms with Crippen molar-refractivity contribution in [1.29, 1.82) is 0 Å². The third-order valence-electron chi connectivity index (χ3n) is 6.12. The van der Waals surface area contributed by atoms with Crippen molar-refractivity contribution in [3.63, 3.8) is 0 Å². The van der Waals surface area contributed by atoms with Crippen LogP contribution in [-0.2, 0) is 4.79 Å². The molecule has 1 N–H and O–H groups in total. The number of benzene rings is 1. The Hall–Kier alpha value is -1.39. The Bertz CT molecular complexity index is 609. The van der Waals surface area contributed by atoms with Gasteiger partial charge in [0, 0.05) is 38.1 Å². The van der Waals surface area contributed by atoms with Gasteiger partial charge >= 0.3 is 0 Å². The van der Waals surface area contributed by atoms with Gasteiger partial charge in [-0.05, 0) is 44.1 Å². The molecule has 4 rings (SSSR count). The summed E-state index contributed by atoms with van der Waals surface area (Å²) in [7, 11) is 0. The molecule has 3 fully saturated rings. The molecule has 0 spiro atoms. The SMILES string of the molecule is Cc1cccc(C2CC2C(=O)N2CCN(C3CCCC3O)CC2)c1. The average Bonchev–Trinajstić information content (AvgIpc) is 3.29. The van der Waals surface area contributed by atoms with Gasteiger partial charge in [-0.15, -0.1) is 0 Å². The Kier molecular flexibility index (Phi) is 4.35. The highest BCUT2D eigenvalue weighted by Crippen LogP contribution is 2.48. The largest absolute Gasteiger partial charge is 0.391 e. The van der Waals surface area contributed by atoms with Crippen LogP contribution < -0.4 is 0 Å². The van der Waals surface area contributed by atoms with Crippen LogP contribution in [0.1, 0.15) is 42.7 Å². The minimum absolute atomic E-state index is 0.165. The molecule has 1 amide bonds. The molecule has 4 unspecified atom stereocenters. The van der Waals surface area contributed by atoms with Crippen LogP contribution in [0, 0.1) is 12.8 Å². The van der Waals surface area contributed by atoms with Crippen molar-refractivity contribution in [2.24, 2.45) is 5.92 Å². The van der Waals surface area contributed by atoms with Gasteiger partial charge in [-0.1, -0.05) is 29.8 Å². The number of amides is 1. The first-order valence-corrected chi connectivity index (χ1v) is 9.41. The van der Waals surface area contributed by atoms with Gasteiger partial charge in [0.15, 0.2) is 0 Å². The first-order chi connectivity index (χ1) is 11.6. The van der Waals surface area contributed by atoms with Crippen LogP contribution >= 0.6 is 0 Å². The summed E-state index contributed by atoms with van der Waals surface area (Å²) in [4.78, 5) is 17.2. The van der Waals surface area contributed by atoms with Gasteiger partial charge in [0.25, 0.3) is 0 Å². The van der Waals surface area contributed by atoms with Gasteiger partial charge in [-0.3, -0.25) is 9.69 Å². The maximum Gasteiger partial charge on any atom is 0.226 e. The second-order valence-corrected chi connectivity index (χ2v) is 7.79. The molecule has 1 heterocycles. The van der Waals surface area contributed by atoms with Crippen molar-refractivity contribution in [3.05, 3.63) is 35.4 Å². The summed E-state index contributed by atoms with van der Waals surface area (Å²) in [6.07, 6.45) is 4.01. The summed E-state index contributed by atoms with van der Waals surface area (Å²) in [5.41, 5.74) is 2.59. The second kappa shape index (κ2) is 6.49. The van der Waals surface area contributed by atoms with Crippen LogP contribution in [0.4, 0.5) is 0 Å². The quantitative estimate of drug-likeness (QED) is 0.925. The van der Waals surface area contributed by atoms with E-state index in [0.29, 0.717) is 17.9 Å². The first-order valence-electron chi connectivity index (χ1n) is 9.41. The molecule has 4 atom stereocenters. The fraction of sp³-hybridized carbons (Fsp3) is 0.650. The molecule has 3 aliphatic rings. The predicted molar refractivity (Wildman–Crippen MR) is 93.8 cm³/mol. The Labute approximate surface area is 144 Å². The van der Waals surface area contributed by atoms with Gasteiger partial charge in [-0.25, -0.2) is 0 Å². The van der Waals surface area contributed by atoms with Gasteiger partial charge in [-0.2, -0.15) is 0 Å². The fourth-order valence-electron chi connectivity index (χ4n) is 4.59. The zero-order chi connectivity index (χ0) is 16.7. The van der Waals surface area contributed by atoms with E-state index in [0.717, 1.165) is 51.9 Å². The number of carbonyl (C=O) groups excluding carboxylic acids is 1. The lowest BCUT2D eigenvalue weighted by Gasteiger charge is -2.39. The molecule has 1 aromatic carbocycles. The Morgan fingerprint density at radius 3 is 2.62 bits per heavy atom. The summed E-state index contributed by atoms with van der Waals surface area (Å²) in [5.74, 6) is 0.954. The topological polar surface area (TPSA) is 43.8 Å². The van der Waals surface area contributed by atoms with E-state index in [4.69, 9.17) is 0 Å². The molecule has 1 aliphatic heterocycles. The molecule has 130 valence electrons. The normalized spacial score (nSPS) is 33.7. The zero-order valence-corrected chi connectivity index (χ0v) is 14.5. The van der Waals surface area contributed by atoms with E-state index in [1.165, 1.54) is 11.1 Å². The minimum Gasteiger partial charge on any atom is -0.391 e. The zero-order valence-electron chi connectivity index (χ0n) is 14.5. The average molecular weight is 328 g/mol. The van der Waals surface area contributed by atoms with Crippen LogP contribution in [0.3, 0.4) is 0 Å². The number of rotatable bonds is 3. The molecule has 1 aromatic rings. The molecule has 0 bridgehead atoms. The number of carbonyl (C=O) groups is 1. The standard InChI is InChI=1S/C20H28N2O2/c1-14-4-2-5-15(12-14)16-13-17(16)20(24)22-10-8-21(9-11-22)18-6-3-7-19(18)23/h2,4-5,12,16-19,23H,3,6-11,13H2,1H3. The summed E-state index contributed by atoms with van der Waals surface area (Å²) >= 11 is 0. The molecule has 2 aliphatic carbocycles. The van der Waals surface area contributed by atoms with Crippen LogP contribution in [0.5, 0.6) is 0 Å². The molecular formula is C20H28N2O2. The third kappa shape index (κ3) is 3.09. The summed E-state index contributed by atoms with van der Waals surface area (Å²) in [6.45, 7) is 5.57. The number of aryl methyl sites for hydroxylation is 1. The lowest BCUT2D eigenvalue weighted by atomic mass is 10.1. The van der Waals surface area contributed by atoms with Gasteiger partial charge in [0.05, 0.1) is 6.10 Å². The van der Waals surface area contributed by atoms with Gasteiger partial charge < -0.3 is 10.0 Å². The number of nitrogens with zero attached hydrogens (tertiary/aromatic N) is 2. The van der Waals surface area contributed by atoms with Crippen molar-refractivity contribution >= 4 is 5.91 Å². The van der Waals surface area contributed by atoms with E-state index >= 15 is 0 Å². The lowest BCUT2D eigenvalue weighted by Crippen LogP contribution is -2.54. The lowest BCUT2D eigenvalue weighted by molar-refractivity contribution is -0.135. The van der Waals surface area contributed by atoms with E-state index in [1.54, 1.807) is 0 Å². The maximum atomic E-state index is 12.8. The monoisotopic (exact) mass is 328 g/mol. The molecule has 0 radical (unpaired) electrons. The van der Waals surface area contributed by atoms with Crippen molar-refractivity contribution in [1.82, 2.24) is 9.80 Å². The van der Waals surface area contributed by atoms with Crippen LogP contribution in [0.15, 0.2) is 24.3 Å². The smallest absolute Gasteiger partial charge is 0.226 e. The van der Waals surface area contributed by atoms with Gasteiger partial charge in [0.2, 0.25) is 5.91 Å². The molecule has 2 saturated carbocycles. The van der Waals surface area contributed by atoms with Crippen LogP contribution in [0.2, 0.25) is 0 Å². The highest BCUT2D eigenvalue weighted by molar-refractivity contribution is 5.83. The molecule has 24 heavy (non-hydrogen) atoms. The minimum atomic E-state index is -0.165. The Morgan fingerprint density at radius 2 is 1.96 bits per heavy atom. The summed E-state index contributed by atoms with van der Waals surface area (Å²) in [5, 5.41) is 10.1. The molecule has 4 heteroatoms. The number of hydrogen-bond acceptors (Lipinski definition) is 3. The third-order valence-corrected chi connectivity index (χ3v) is 6.12. The van der Waals surface area contributed by atoms with E-state index in [-0.39, 0.29) is 12.0 Å². The fourth-order valence-corrected chi connectivity index (χ4v) is 4.59. The van der Waals surface area contributed by atoms with Gasteiger partial charge in [0.1, 0.15) is 0 Å². The van der Waals surface area contributed by atoms with Crippen molar-refractivity contribution in [2.75, 3.05) is 26.2 Å². The molecule has 4 nitrogen and oxygen atoms in total. The first kappa shape index (κ1) is 16.1.